The molecule has 186 valence electrons. The lowest BCUT2D eigenvalue weighted by atomic mass is 9.86. The Kier molecular flexibility index (Phi) is 9.46. The summed E-state index contributed by atoms with van der Waals surface area (Å²) >= 11 is 0. The summed E-state index contributed by atoms with van der Waals surface area (Å²) in [6, 6.07) is 30.2. The maximum Gasteiger partial charge on any atom is 0.187 e. The van der Waals surface area contributed by atoms with Crippen LogP contribution in [0.3, 0.4) is 0 Å². The first kappa shape index (κ1) is 25.5. The van der Waals surface area contributed by atoms with Crippen LogP contribution in [-0.2, 0) is 38.8 Å². The third-order valence-electron chi connectivity index (χ3n) is 6.54. The van der Waals surface area contributed by atoms with Crippen molar-refractivity contribution in [2.75, 3.05) is 0 Å². The largest absolute Gasteiger partial charge is 0.390 e. The van der Waals surface area contributed by atoms with E-state index in [4.69, 9.17) is 18.9 Å². The Balaban J connectivity index is 1.57. The van der Waals surface area contributed by atoms with Crippen LogP contribution in [0.5, 0.6) is 0 Å². The number of benzene rings is 3. The lowest BCUT2D eigenvalue weighted by molar-refractivity contribution is -0.318. The minimum atomic E-state index is -0.679. The zero-order valence-corrected chi connectivity index (χ0v) is 20.5. The molecular formula is C30H36O5. The monoisotopic (exact) mass is 476 g/mol. The van der Waals surface area contributed by atoms with Gasteiger partial charge in [0, 0.05) is 5.92 Å². The number of aliphatic hydroxyl groups excluding tert-OH is 1. The van der Waals surface area contributed by atoms with E-state index in [0.717, 1.165) is 16.7 Å². The van der Waals surface area contributed by atoms with Crippen LogP contribution >= 0.6 is 0 Å². The molecule has 1 aliphatic heterocycles. The average molecular weight is 477 g/mol. The van der Waals surface area contributed by atoms with Gasteiger partial charge >= 0.3 is 0 Å². The quantitative estimate of drug-likeness (QED) is 0.396. The molecule has 5 nitrogen and oxygen atoms in total. The molecule has 1 saturated heterocycles. The van der Waals surface area contributed by atoms with Crippen molar-refractivity contribution < 1.29 is 24.1 Å². The molecule has 6 atom stereocenters. The van der Waals surface area contributed by atoms with Crippen molar-refractivity contribution in [1.29, 1.82) is 0 Å². The van der Waals surface area contributed by atoms with Crippen LogP contribution in [-0.4, -0.2) is 35.8 Å². The topological polar surface area (TPSA) is 57.2 Å². The molecule has 0 amide bonds. The summed E-state index contributed by atoms with van der Waals surface area (Å²) in [5.41, 5.74) is 3.20. The molecule has 1 N–H and O–H groups in total. The number of ether oxygens (including phenoxy) is 4. The second-order valence-corrected chi connectivity index (χ2v) is 9.12. The van der Waals surface area contributed by atoms with Crippen LogP contribution in [0.4, 0.5) is 0 Å². The first-order chi connectivity index (χ1) is 17.2. The van der Waals surface area contributed by atoms with Crippen LogP contribution in [0.15, 0.2) is 91.0 Å². The third-order valence-corrected chi connectivity index (χ3v) is 6.54. The molecule has 0 unspecified atom stereocenters. The summed E-state index contributed by atoms with van der Waals surface area (Å²) in [4.78, 5) is 0. The fourth-order valence-electron chi connectivity index (χ4n) is 4.51. The van der Waals surface area contributed by atoms with Gasteiger partial charge in [-0.1, -0.05) is 105 Å². The van der Waals surface area contributed by atoms with E-state index in [0.29, 0.717) is 26.2 Å². The van der Waals surface area contributed by atoms with Gasteiger partial charge in [0.25, 0.3) is 0 Å². The zero-order valence-electron chi connectivity index (χ0n) is 20.5. The maximum atomic E-state index is 10.8. The molecule has 1 fully saturated rings. The highest BCUT2D eigenvalue weighted by molar-refractivity contribution is 5.15. The van der Waals surface area contributed by atoms with E-state index in [1.54, 1.807) is 0 Å². The van der Waals surface area contributed by atoms with Crippen molar-refractivity contribution in [3.05, 3.63) is 108 Å². The molecule has 0 radical (unpaired) electrons. The second kappa shape index (κ2) is 13.0. The number of aliphatic hydroxyl groups is 1. The van der Waals surface area contributed by atoms with Crippen molar-refractivity contribution in [2.45, 2.75) is 70.8 Å². The predicted octanol–water partition coefficient (Wildman–Crippen LogP) is 5.51. The maximum absolute atomic E-state index is 10.8. The second-order valence-electron chi connectivity index (χ2n) is 9.12. The third kappa shape index (κ3) is 7.00. The smallest absolute Gasteiger partial charge is 0.187 e. The highest BCUT2D eigenvalue weighted by Crippen LogP contribution is 2.34. The van der Waals surface area contributed by atoms with E-state index < -0.39 is 24.6 Å². The number of rotatable bonds is 11. The van der Waals surface area contributed by atoms with Gasteiger partial charge in [0.15, 0.2) is 6.29 Å². The molecule has 3 aromatic carbocycles. The van der Waals surface area contributed by atoms with Crippen LogP contribution in [0.1, 0.15) is 37.0 Å². The molecule has 0 aliphatic carbocycles. The standard InChI is InChI=1S/C30H36O5/c1-3-26(31)27-22(2)28(32-19-23-13-7-4-8-14-23)29(33-20-24-15-9-5-10-16-24)30(35-27)34-21-25-17-11-6-12-18-25/h4-18,22,26-31H,3,19-21H2,1-2H3/t22-,26+,27+,28+,29+,30+/m1/s1. The highest BCUT2D eigenvalue weighted by atomic mass is 16.7. The van der Waals surface area contributed by atoms with Crippen molar-refractivity contribution >= 4 is 0 Å². The van der Waals surface area contributed by atoms with E-state index >= 15 is 0 Å². The Labute approximate surface area is 208 Å². The predicted molar refractivity (Wildman–Crippen MR) is 135 cm³/mol. The summed E-state index contributed by atoms with van der Waals surface area (Å²) in [6.45, 7) is 5.26. The Hall–Kier alpha value is -2.54. The molecule has 4 rings (SSSR count). The fourth-order valence-corrected chi connectivity index (χ4v) is 4.51. The lowest BCUT2D eigenvalue weighted by Crippen LogP contribution is -2.59. The molecule has 0 saturated carbocycles. The van der Waals surface area contributed by atoms with Crippen molar-refractivity contribution in [2.24, 2.45) is 5.92 Å². The van der Waals surface area contributed by atoms with Gasteiger partial charge in [-0.25, -0.2) is 0 Å². The van der Waals surface area contributed by atoms with Gasteiger partial charge in [0.05, 0.1) is 38.1 Å². The van der Waals surface area contributed by atoms with Gasteiger partial charge in [0.2, 0.25) is 0 Å². The van der Waals surface area contributed by atoms with Crippen LogP contribution < -0.4 is 0 Å². The van der Waals surface area contributed by atoms with Gasteiger partial charge in [-0.15, -0.1) is 0 Å². The Morgan fingerprint density at radius 1 is 0.686 bits per heavy atom. The minimum Gasteiger partial charge on any atom is -0.390 e. The number of hydrogen-bond acceptors (Lipinski definition) is 5. The minimum absolute atomic E-state index is 0.0917. The summed E-state index contributed by atoms with van der Waals surface area (Å²) in [5.74, 6) is -0.0917. The molecule has 1 heterocycles. The van der Waals surface area contributed by atoms with Crippen molar-refractivity contribution in [3.8, 4) is 0 Å². The van der Waals surface area contributed by atoms with Crippen molar-refractivity contribution in [3.63, 3.8) is 0 Å². The van der Waals surface area contributed by atoms with E-state index in [1.807, 2.05) is 97.9 Å². The molecule has 5 heteroatoms. The molecular weight excluding hydrogens is 440 g/mol. The highest BCUT2D eigenvalue weighted by Gasteiger charge is 2.48. The van der Waals surface area contributed by atoms with E-state index in [1.165, 1.54) is 0 Å². The van der Waals surface area contributed by atoms with Crippen LogP contribution in [0, 0.1) is 5.92 Å². The fraction of sp³-hybridized carbons (Fsp3) is 0.400. The SMILES string of the molecule is CC[C@H](O)[C@H]1O[C@H](OCc2ccccc2)[C@@H](OCc2ccccc2)[C@@H](OCc2ccccc2)[C@@H]1C. The summed E-state index contributed by atoms with van der Waals surface area (Å²) in [5, 5.41) is 10.8. The molecule has 0 aromatic heterocycles. The summed E-state index contributed by atoms with van der Waals surface area (Å²) < 4.78 is 25.6. The van der Waals surface area contributed by atoms with E-state index in [2.05, 4.69) is 6.92 Å². The Bertz CT molecular complexity index is 981. The summed E-state index contributed by atoms with van der Waals surface area (Å²) in [6.07, 6.45) is -1.91. The van der Waals surface area contributed by atoms with E-state index in [-0.39, 0.29) is 12.0 Å². The van der Waals surface area contributed by atoms with Gasteiger partial charge in [0.1, 0.15) is 6.10 Å². The Morgan fingerprint density at radius 3 is 1.57 bits per heavy atom. The first-order valence-corrected chi connectivity index (χ1v) is 12.5. The normalized spacial score (nSPS) is 25.3. The van der Waals surface area contributed by atoms with Gasteiger partial charge in [-0.3, -0.25) is 0 Å². The van der Waals surface area contributed by atoms with Gasteiger partial charge in [-0.05, 0) is 23.1 Å². The average Bonchev–Trinajstić information content (AvgIpc) is 2.92. The zero-order chi connectivity index (χ0) is 24.5. The molecule has 3 aromatic rings. The Morgan fingerprint density at radius 2 is 1.11 bits per heavy atom. The van der Waals surface area contributed by atoms with Gasteiger partial charge < -0.3 is 24.1 Å². The molecule has 35 heavy (non-hydrogen) atoms. The van der Waals surface area contributed by atoms with Crippen LogP contribution in [0.2, 0.25) is 0 Å². The molecule has 1 aliphatic rings. The number of hydrogen-bond donors (Lipinski definition) is 1. The lowest BCUT2D eigenvalue weighted by Gasteiger charge is -2.46. The van der Waals surface area contributed by atoms with Crippen LogP contribution in [0.25, 0.3) is 0 Å². The van der Waals surface area contributed by atoms with Gasteiger partial charge in [-0.2, -0.15) is 0 Å². The molecule has 0 bridgehead atoms. The summed E-state index contributed by atoms with van der Waals surface area (Å²) in [7, 11) is 0. The van der Waals surface area contributed by atoms with E-state index in [9.17, 15) is 5.11 Å². The first-order valence-electron chi connectivity index (χ1n) is 12.5. The molecule has 0 spiro atoms. The van der Waals surface area contributed by atoms with Crippen molar-refractivity contribution in [1.82, 2.24) is 0 Å².